The van der Waals surface area contributed by atoms with Crippen molar-refractivity contribution in [2.45, 2.75) is 19.0 Å². The zero-order valence-electron chi connectivity index (χ0n) is 18.6. The molecule has 1 aliphatic rings. The Bertz CT molecular complexity index is 1140. The molecule has 0 saturated heterocycles. The number of nitrogens with zero attached hydrogens (tertiary/aromatic N) is 1. The minimum atomic E-state index is -0.261. The SMILES string of the molecule is COc1cc2c(cc1OC)C(CNC(=O)c1ccccc1Cl)N(Cc1ccc(F)cc1)CC2. The van der Waals surface area contributed by atoms with Crippen molar-refractivity contribution in [2.24, 2.45) is 0 Å². The van der Waals surface area contributed by atoms with Crippen LogP contribution < -0.4 is 14.8 Å². The first-order valence-electron chi connectivity index (χ1n) is 10.8. The summed E-state index contributed by atoms with van der Waals surface area (Å²) < 4.78 is 24.4. The predicted octanol–water partition coefficient (Wildman–Crippen LogP) is 5.03. The molecule has 0 fully saturated rings. The second-order valence-electron chi connectivity index (χ2n) is 7.96. The quantitative estimate of drug-likeness (QED) is 0.528. The summed E-state index contributed by atoms with van der Waals surface area (Å²) >= 11 is 6.21. The third-order valence-electron chi connectivity index (χ3n) is 5.99. The minimum absolute atomic E-state index is 0.106. The second-order valence-corrected chi connectivity index (χ2v) is 8.37. The van der Waals surface area contributed by atoms with Crippen LogP contribution in [0.5, 0.6) is 11.5 Å². The molecule has 33 heavy (non-hydrogen) atoms. The summed E-state index contributed by atoms with van der Waals surface area (Å²) in [6.07, 6.45) is 0.825. The van der Waals surface area contributed by atoms with E-state index in [1.54, 1.807) is 50.6 Å². The maximum Gasteiger partial charge on any atom is 0.252 e. The summed E-state index contributed by atoms with van der Waals surface area (Å²) in [5.41, 5.74) is 3.66. The van der Waals surface area contributed by atoms with Crippen LogP contribution in [0.2, 0.25) is 5.02 Å². The van der Waals surface area contributed by atoms with Gasteiger partial charge in [0.25, 0.3) is 5.91 Å². The van der Waals surface area contributed by atoms with Gasteiger partial charge in [0, 0.05) is 19.6 Å². The highest BCUT2D eigenvalue weighted by Gasteiger charge is 2.30. The van der Waals surface area contributed by atoms with E-state index in [-0.39, 0.29) is 17.8 Å². The van der Waals surface area contributed by atoms with E-state index in [9.17, 15) is 9.18 Å². The highest BCUT2D eigenvalue weighted by molar-refractivity contribution is 6.33. The van der Waals surface area contributed by atoms with Gasteiger partial charge in [-0.3, -0.25) is 9.69 Å². The van der Waals surface area contributed by atoms with E-state index in [2.05, 4.69) is 10.2 Å². The number of rotatable bonds is 7. The van der Waals surface area contributed by atoms with Gasteiger partial charge in [-0.2, -0.15) is 0 Å². The number of hydrogen-bond donors (Lipinski definition) is 1. The van der Waals surface area contributed by atoms with Gasteiger partial charge in [-0.1, -0.05) is 35.9 Å². The van der Waals surface area contributed by atoms with Crippen LogP contribution in [0.4, 0.5) is 4.39 Å². The van der Waals surface area contributed by atoms with Gasteiger partial charge in [-0.15, -0.1) is 0 Å². The molecular formula is C26H26ClFN2O3. The minimum Gasteiger partial charge on any atom is -0.493 e. The molecule has 3 aromatic rings. The van der Waals surface area contributed by atoms with Crippen LogP contribution in [0.3, 0.4) is 0 Å². The van der Waals surface area contributed by atoms with Gasteiger partial charge < -0.3 is 14.8 Å². The summed E-state index contributed by atoms with van der Waals surface area (Å²) in [6, 6.07) is 17.4. The fourth-order valence-corrected chi connectivity index (χ4v) is 4.48. The number of methoxy groups -OCH3 is 2. The Labute approximate surface area is 198 Å². The Kier molecular flexibility index (Phi) is 7.16. The number of hydrogen-bond acceptors (Lipinski definition) is 4. The van der Waals surface area contributed by atoms with Gasteiger partial charge >= 0.3 is 0 Å². The van der Waals surface area contributed by atoms with Gasteiger partial charge in [0.05, 0.1) is 30.8 Å². The molecule has 4 rings (SSSR count). The molecule has 0 aliphatic carbocycles. The normalized spacial score (nSPS) is 15.6. The molecule has 1 heterocycles. The van der Waals surface area contributed by atoms with Crippen molar-refractivity contribution in [2.75, 3.05) is 27.3 Å². The molecule has 0 radical (unpaired) electrons. The average Bonchev–Trinajstić information content (AvgIpc) is 2.83. The van der Waals surface area contributed by atoms with E-state index in [0.717, 1.165) is 29.7 Å². The smallest absolute Gasteiger partial charge is 0.252 e. The first-order chi connectivity index (χ1) is 16.0. The van der Waals surface area contributed by atoms with Crippen LogP contribution in [-0.4, -0.2) is 38.1 Å². The molecule has 7 heteroatoms. The zero-order chi connectivity index (χ0) is 23.4. The molecule has 1 amide bonds. The molecule has 0 aromatic heterocycles. The molecule has 1 atom stereocenters. The number of carbonyl (C=O) groups is 1. The fourth-order valence-electron chi connectivity index (χ4n) is 4.26. The van der Waals surface area contributed by atoms with E-state index < -0.39 is 0 Å². The van der Waals surface area contributed by atoms with Crippen LogP contribution in [0.15, 0.2) is 60.7 Å². The number of nitrogens with one attached hydrogen (secondary N) is 1. The molecule has 1 unspecified atom stereocenters. The van der Waals surface area contributed by atoms with Crippen LogP contribution in [-0.2, 0) is 13.0 Å². The number of amides is 1. The van der Waals surface area contributed by atoms with Crippen LogP contribution in [0.25, 0.3) is 0 Å². The van der Waals surface area contributed by atoms with Gasteiger partial charge in [0.2, 0.25) is 0 Å². The third kappa shape index (κ3) is 5.13. The van der Waals surface area contributed by atoms with Crippen molar-refractivity contribution in [1.82, 2.24) is 10.2 Å². The van der Waals surface area contributed by atoms with Crippen LogP contribution >= 0.6 is 11.6 Å². The molecule has 172 valence electrons. The van der Waals surface area contributed by atoms with Gasteiger partial charge in [0.15, 0.2) is 11.5 Å². The highest BCUT2D eigenvalue weighted by atomic mass is 35.5. The van der Waals surface area contributed by atoms with E-state index in [0.29, 0.717) is 35.2 Å². The van der Waals surface area contributed by atoms with Gasteiger partial charge in [-0.25, -0.2) is 4.39 Å². The summed E-state index contributed by atoms with van der Waals surface area (Å²) in [7, 11) is 3.23. The predicted molar refractivity (Wildman–Crippen MR) is 127 cm³/mol. The summed E-state index contributed by atoms with van der Waals surface area (Å²) in [6.45, 7) is 1.79. The summed E-state index contributed by atoms with van der Waals surface area (Å²) in [5.74, 6) is 0.836. The first kappa shape index (κ1) is 23.1. The number of benzene rings is 3. The van der Waals surface area contributed by atoms with Crippen molar-refractivity contribution in [3.63, 3.8) is 0 Å². The monoisotopic (exact) mass is 468 g/mol. The Balaban J connectivity index is 1.63. The highest BCUT2D eigenvalue weighted by Crippen LogP contribution is 2.38. The Morgan fingerprint density at radius 2 is 1.79 bits per heavy atom. The molecule has 1 aliphatic heterocycles. The van der Waals surface area contributed by atoms with E-state index in [4.69, 9.17) is 21.1 Å². The van der Waals surface area contributed by atoms with Crippen molar-refractivity contribution in [3.05, 3.63) is 93.8 Å². The van der Waals surface area contributed by atoms with Gasteiger partial charge in [-0.05, 0) is 59.5 Å². The molecule has 0 spiro atoms. The van der Waals surface area contributed by atoms with E-state index in [1.807, 2.05) is 12.1 Å². The van der Waals surface area contributed by atoms with Crippen molar-refractivity contribution >= 4 is 17.5 Å². The largest absolute Gasteiger partial charge is 0.493 e. The van der Waals surface area contributed by atoms with Crippen LogP contribution in [0, 0.1) is 5.82 Å². The topological polar surface area (TPSA) is 50.8 Å². The van der Waals surface area contributed by atoms with Crippen molar-refractivity contribution in [3.8, 4) is 11.5 Å². The van der Waals surface area contributed by atoms with Gasteiger partial charge in [0.1, 0.15) is 5.82 Å². The Hall–Kier alpha value is -3.09. The molecule has 5 nitrogen and oxygen atoms in total. The Morgan fingerprint density at radius 1 is 1.09 bits per heavy atom. The molecule has 3 aromatic carbocycles. The third-order valence-corrected chi connectivity index (χ3v) is 6.32. The van der Waals surface area contributed by atoms with Crippen LogP contribution in [0.1, 0.15) is 33.1 Å². The lowest BCUT2D eigenvalue weighted by molar-refractivity contribution is 0.0926. The standard InChI is InChI=1S/C26H26ClFN2O3/c1-32-24-13-18-11-12-30(16-17-7-9-19(28)10-8-17)23(21(18)14-25(24)33-2)15-29-26(31)20-5-3-4-6-22(20)27/h3-10,13-14,23H,11-12,15-16H2,1-2H3,(H,29,31). The molecule has 0 bridgehead atoms. The van der Waals surface area contributed by atoms with Crippen molar-refractivity contribution in [1.29, 1.82) is 0 Å². The lowest BCUT2D eigenvalue weighted by Crippen LogP contribution is -2.41. The molecule has 1 N–H and O–H groups in total. The summed E-state index contributed by atoms with van der Waals surface area (Å²) in [4.78, 5) is 15.1. The molecular weight excluding hydrogens is 443 g/mol. The summed E-state index contributed by atoms with van der Waals surface area (Å²) in [5, 5.41) is 3.46. The average molecular weight is 469 g/mol. The number of carbonyl (C=O) groups excluding carboxylic acids is 1. The Morgan fingerprint density at radius 3 is 2.48 bits per heavy atom. The number of fused-ring (bicyclic) bond motifs is 1. The number of halogens is 2. The maximum atomic E-state index is 13.4. The number of ether oxygens (including phenoxy) is 2. The van der Waals surface area contributed by atoms with E-state index >= 15 is 0 Å². The lowest BCUT2D eigenvalue weighted by atomic mass is 9.91. The fraction of sp³-hybridized carbons (Fsp3) is 0.269. The second kappa shape index (κ2) is 10.2. The first-order valence-corrected chi connectivity index (χ1v) is 11.1. The van der Waals surface area contributed by atoms with Crippen molar-refractivity contribution < 1.29 is 18.7 Å². The molecule has 0 saturated carbocycles. The maximum absolute atomic E-state index is 13.4. The zero-order valence-corrected chi connectivity index (χ0v) is 19.4. The van der Waals surface area contributed by atoms with E-state index in [1.165, 1.54) is 12.1 Å². The lowest BCUT2D eigenvalue weighted by Gasteiger charge is -2.38.